The largest absolute Gasteiger partial charge is 0.497 e. The second-order valence-electron chi connectivity index (χ2n) is 6.00. The van der Waals surface area contributed by atoms with Gasteiger partial charge in [0.2, 0.25) is 0 Å². The van der Waals surface area contributed by atoms with Crippen molar-refractivity contribution in [3.63, 3.8) is 0 Å². The summed E-state index contributed by atoms with van der Waals surface area (Å²) in [4.78, 5) is 12.4. The molecule has 144 valence electrons. The molecule has 0 bridgehead atoms. The van der Waals surface area contributed by atoms with Gasteiger partial charge in [-0.2, -0.15) is 10.2 Å². The van der Waals surface area contributed by atoms with Crippen LogP contribution in [0.5, 0.6) is 11.5 Å². The average Bonchev–Trinajstić information content (AvgIpc) is 3.11. The number of H-pyrrole nitrogens is 1. The summed E-state index contributed by atoms with van der Waals surface area (Å²) in [6.45, 7) is 4.40. The quantitative estimate of drug-likeness (QED) is 0.486. The van der Waals surface area contributed by atoms with E-state index in [0.717, 1.165) is 28.2 Å². The zero-order valence-corrected chi connectivity index (χ0v) is 16.0. The van der Waals surface area contributed by atoms with Gasteiger partial charge in [0, 0.05) is 11.1 Å². The third-order valence-corrected chi connectivity index (χ3v) is 4.17. The van der Waals surface area contributed by atoms with Crippen LogP contribution in [0.4, 0.5) is 0 Å². The van der Waals surface area contributed by atoms with E-state index in [1.54, 1.807) is 13.3 Å². The Labute approximate surface area is 163 Å². The molecular formula is C21H22N4O3. The number of hydrogen-bond acceptors (Lipinski definition) is 5. The van der Waals surface area contributed by atoms with Crippen LogP contribution in [0.2, 0.25) is 0 Å². The topological polar surface area (TPSA) is 88.6 Å². The van der Waals surface area contributed by atoms with E-state index in [1.165, 1.54) is 0 Å². The third kappa shape index (κ3) is 4.37. The summed E-state index contributed by atoms with van der Waals surface area (Å²) in [7, 11) is 1.61. The highest BCUT2D eigenvalue weighted by Gasteiger charge is 2.16. The number of benzene rings is 2. The van der Waals surface area contributed by atoms with Crippen molar-refractivity contribution in [2.75, 3.05) is 13.7 Å². The SMILES string of the molecule is CCOc1ccc(-c2n[nH]c(C(=O)NN=Cc3ccc(OC)cc3)c2C)cc1. The Morgan fingerprint density at radius 2 is 1.82 bits per heavy atom. The number of nitrogens with one attached hydrogen (secondary N) is 2. The highest BCUT2D eigenvalue weighted by Crippen LogP contribution is 2.25. The van der Waals surface area contributed by atoms with Crippen molar-refractivity contribution in [2.24, 2.45) is 5.10 Å². The molecule has 0 saturated heterocycles. The van der Waals surface area contributed by atoms with Crippen LogP contribution >= 0.6 is 0 Å². The highest BCUT2D eigenvalue weighted by molar-refractivity contribution is 5.96. The summed E-state index contributed by atoms with van der Waals surface area (Å²) >= 11 is 0. The Balaban J connectivity index is 1.68. The predicted octanol–water partition coefficient (Wildman–Crippen LogP) is 3.56. The molecule has 7 heteroatoms. The molecule has 0 radical (unpaired) electrons. The van der Waals surface area contributed by atoms with Gasteiger partial charge in [0.25, 0.3) is 5.91 Å². The maximum atomic E-state index is 12.4. The van der Waals surface area contributed by atoms with Crippen molar-refractivity contribution in [3.8, 4) is 22.8 Å². The fourth-order valence-electron chi connectivity index (χ4n) is 2.69. The number of nitrogens with zero attached hydrogens (tertiary/aromatic N) is 2. The molecule has 0 spiro atoms. The molecule has 3 rings (SSSR count). The fraction of sp³-hybridized carbons (Fsp3) is 0.190. The van der Waals surface area contributed by atoms with Crippen LogP contribution in [0, 0.1) is 6.92 Å². The first kappa shape index (κ1) is 19.2. The average molecular weight is 378 g/mol. The normalized spacial score (nSPS) is 10.8. The lowest BCUT2D eigenvalue weighted by Crippen LogP contribution is -2.19. The first-order chi connectivity index (χ1) is 13.6. The molecular weight excluding hydrogens is 356 g/mol. The number of ether oxygens (including phenoxy) is 2. The lowest BCUT2D eigenvalue weighted by molar-refractivity contribution is 0.0949. The molecule has 2 aromatic carbocycles. The second kappa shape index (κ2) is 8.85. The molecule has 0 unspecified atom stereocenters. The third-order valence-electron chi connectivity index (χ3n) is 4.17. The minimum absolute atomic E-state index is 0.355. The predicted molar refractivity (Wildman–Crippen MR) is 108 cm³/mol. The lowest BCUT2D eigenvalue weighted by Gasteiger charge is -2.04. The molecule has 0 aliphatic rings. The molecule has 0 aliphatic heterocycles. The number of carbonyl (C=O) groups excluding carboxylic acids is 1. The van der Waals surface area contributed by atoms with E-state index >= 15 is 0 Å². The smallest absolute Gasteiger partial charge is 0.289 e. The summed E-state index contributed by atoms with van der Waals surface area (Å²) in [6, 6.07) is 14.9. The van der Waals surface area contributed by atoms with Crippen LogP contribution < -0.4 is 14.9 Å². The van der Waals surface area contributed by atoms with Gasteiger partial charge in [-0.15, -0.1) is 0 Å². The number of methoxy groups -OCH3 is 1. The van der Waals surface area contributed by atoms with Gasteiger partial charge >= 0.3 is 0 Å². The van der Waals surface area contributed by atoms with Crippen LogP contribution in [0.1, 0.15) is 28.5 Å². The van der Waals surface area contributed by atoms with Crippen LogP contribution in [0.15, 0.2) is 53.6 Å². The van der Waals surface area contributed by atoms with Crippen LogP contribution in [-0.4, -0.2) is 36.0 Å². The van der Waals surface area contributed by atoms with Crippen LogP contribution in [0.25, 0.3) is 11.3 Å². The monoisotopic (exact) mass is 378 g/mol. The van der Waals surface area contributed by atoms with Crippen molar-refractivity contribution in [2.45, 2.75) is 13.8 Å². The van der Waals surface area contributed by atoms with Crippen molar-refractivity contribution in [1.29, 1.82) is 0 Å². The van der Waals surface area contributed by atoms with Crippen molar-refractivity contribution >= 4 is 12.1 Å². The summed E-state index contributed by atoms with van der Waals surface area (Å²) < 4.78 is 10.6. The molecule has 0 saturated carbocycles. The van der Waals surface area contributed by atoms with Crippen molar-refractivity contribution in [3.05, 3.63) is 65.4 Å². The Morgan fingerprint density at radius 1 is 1.14 bits per heavy atom. The molecule has 0 aliphatic carbocycles. The molecule has 28 heavy (non-hydrogen) atoms. The standard InChI is InChI=1S/C21H22N4O3/c1-4-28-18-11-7-16(8-12-18)19-14(2)20(24-23-19)21(26)25-22-13-15-5-9-17(27-3)10-6-15/h5-13H,4H2,1-3H3,(H,23,24)(H,25,26). The summed E-state index contributed by atoms with van der Waals surface area (Å²) in [5.74, 6) is 1.20. The molecule has 3 aromatic rings. The van der Waals surface area contributed by atoms with Crippen LogP contribution in [-0.2, 0) is 0 Å². The molecule has 2 N–H and O–H groups in total. The number of hydrazone groups is 1. The number of aromatic amines is 1. The van der Waals surface area contributed by atoms with Gasteiger partial charge in [0.05, 0.1) is 25.6 Å². The van der Waals surface area contributed by atoms with E-state index in [1.807, 2.05) is 62.4 Å². The number of rotatable bonds is 7. The first-order valence-electron chi connectivity index (χ1n) is 8.88. The Kier molecular flexibility index (Phi) is 6.06. The molecule has 1 heterocycles. The number of hydrogen-bond donors (Lipinski definition) is 2. The Bertz CT molecular complexity index is 960. The summed E-state index contributed by atoms with van der Waals surface area (Å²) in [6.07, 6.45) is 1.57. The van der Waals surface area contributed by atoms with Gasteiger partial charge in [-0.3, -0.25) is 9.89 Å². The second-order valence-corrected chi connectivity index (χ2v) is 6.00. The van der Waals surface area contributed by atoms with Gasteiger partial charge in [-0.05, 0) is 67.9 Å². The zero-order valence-electron chi connectivity index (χ0n) is 16.0. The minimum Gasteiger partial charge on any atom is -0.497 e. The Morgan fingerprint density at radius 3 is 2.46 bits per heavy atom. The minimum atomic E-state index is -0.355. The summed E-state index contributed by atoms with van der Waals surface area (Å²) in [5.41, 5.74) is 6.10. The summed E-state index contributed by atoms with van der Waals surface area (Å²) in [5, 5.41) is 11.1. The van der Waals surface area contributed by atoms with E-state index < -0.39 is 0 Å². The maximum Gasteiger partial charge on any atom is 0.289 e. The fourth-order valence-corrected chi connectivity index (χ4v) is 2.69. The van der Waals surface area contributed by atoms with E-state index in [2.05, 4.69) is 20.7 Å². The number of carbonyl (C=O) groups is 1. The van der Waals surface area contributed by atoms with Gasteiger partial charge in [0.1, 0.15) is 17.2 Å². The van der Waals surface area contributed by atoms with E-state index in [9.17, 15) is 4.79 Å². The molecule has 0 fully saturated rings. The van der Waals surface area contributed by atoms with Gasteiger partial charge in [-0.1, -0.05) is 0 Å². The molecule has 1 amide bonds. The van der Waals surface area contributed by atoms with Gasteiger partial charge in [0.15, 0.2) is 0 Å². The van der Waals surface area contributed by atoms with Crippen molar-refractivity contribution < 1.29 is 14.3 Å². The van der Waals surface area contributed by atoms with E-state index in [4.69, 9.17) is 9.47 Å². The number of amides is 1. The van der Waals surface area contributed by atoms with E-state index in [0.29, 0.717) is 18.0 Å². The maximum absolute atomic E-state index is 12.4. The van der Waals surface area contributed by atoms with Gasteiger partial charge in [-0.25, -0.2) is 5.43 Å². The molecule has 7 nitrogen and oxygen atoms in total. The highest BCUT2D eigenvalue weighted by atomic mass is 16.5. The van der Waals surface area contributed by atoms with Crippen molar-refractivity contribution in [1.82, 2.24) is 15.6 Å². The molecule has 0 atom stereocenters. The zero-order chi connectivity index (χ0) is 19.9. The first-order valence-corrected chi connectivity index (χ1v) is 8.88. The van der Waals surface area contributed by atoms with E-state index in [-0.39, 0.29) is 5.91 Å². The number of aromatic nitrogens is 2. The van der Waals surface area contributed by atoms with Gasteiger partial charge < -0.3 is 9.47 Å². The van der Waals surface area contributed by atoms with Crippen LogP contribution in [0.3, 0.4) is 0 Å². The lowest BCUT2D eigenvalue weighted by atomic mass is 10.1. The Hall–Kier alpha value is -3.61. The molecule has 1 aromatic heterocycles.